The monoisotopic (exact) mass is 488 g/mol. The zero-order valence-electron chi connectivity index (χ0n) is 17.8. The third-order valence-electron chi connectivity index (χ3n) is 5.70. The molecule has 11 heteroatoms. The fourth-order valence-corrected chi connectivity index (χ4v) is 6.19. The summed E-state index contributed by atoms with van der Waals surface area (Å²) < 4.78 is 0. The first-order valence-electron chi connectivity index (χ1n) is 10.4. The van der Waals surface area contributed by atoms with Gasteiger partial charge in [-0.05, 0) is 18.1 Å². The highest BCUT2D eigenvalue weighted by atomic mass is 32.2. The van der Waals surface area contributed by atoms with Crippen molar-refractivity contribution in [3.63, 3.8) is 0 Å². The minimum absolute atomic E-state index is 0.0154. The Morgan fingerprint density at radius 3 is 2.55 bits per heavy atom. The number of carbonyl (C=O) groups is 4. The van der Waals surface area contributed by atoms with E-state index in [1.807, 2.05) is 30.1 Å². The molecule has 0 aliphatic carbocycles. The van der Waals surface area contributed by atoms with Crippen LogP contribution in [0.1, 0.15) is 24.9 Å². The first kappa shape index (κ1) is 23.4. The van der Waals surface area contributed by atoms with Gasteiger partial charge in [-0.25, -0.2) is 4.79 Å². The van der Waals surface area contributed by atoms with Gasteiger partial charge in [-0.1, -0.05) is 36.4 Å². The van der Waals surface area contributed by atoms with Crippen LogP contribution in [0.3, 0.4) is 0 Å². The number of aliphatic carboxylic acids is 1. The van der Waals surface area contributed by atoms with Crippen molar-refractivity contribution in [1.29, 1.82) is 0 Å². The Hall–Kier alpha value is -2.76. The van der Waals surface area contributed by atoms with Gasteiger partial charge in [-0.3, -0.25) is 19.3 Å². The minimum atomic E-state index is -1.13. The van der Waals surface area contributed by atoms with E-state index in [-0.39, 0.29) is 11.6 Å². The van der Waals surface area contributed by atoms with Gasteiger partial charge in [0.1, 0.15) is 23.2 Å². The van der Waals surface area contributed by atoms with Crippen molar-refractivity contribution in [1.82, 2.24) is 15.1 Å². The third-order valence-corrected chi connectivity index (χ3v) is 8.29. The van der Waals surface area contributed by atoms with E-state index in [2.05, 4.69) is 5.32 Å². The normalized spacial score (nSPS) is 26.2. The highest BCUT2D eigenvalue weighted by Gasteiger charge is 2.53. The number of hydrogen-bond donors (Lipinski definition) is 3. The Kier molecular flexibility index (Phi) is 6.82. The van der Waals surface area contributed by atoms with Crippen LogP contribution in [0.15, 0.2) is 53.9 Å². The molecule has 0 aromatic heterocycles. The number of hydrogen-bond acceptors (Lipinski definition) is 7. The van der Waals surface area contributed by atoms with Gasteiger partial charge in [0.15, 0.2) is 0 Å². The minimum Gasteiger partial charge on any atom is -0.477 e. The maximum Gasteiger partial charge on any atom is 0.352 e. The second-order valence-corrected chi connectivity index (χ2v) is 10.2. The molecule has 3 amide bonds. The topological polar surface area (TPSA) is 133 Å². The van der Waals surface area contributed by atoms with E-state index < -0.39 is 35.2 Å². The summed E-state index contributed by atoms with van der Waals surface area (Å²) in [5, 5.41) is 12.0. The molecule has 1 aromatic carbocycles. The maximum atomic E-state index is 12.3. The van der Waals surface area contributed by atoms with E-state index in [1.165, 1.54) is 16.7 Å². The molecule has 4 aliphatic heterocycles. The molecule has 0 saturated carbocycles. The summed E-state index contributed by atoms with van der Waals surface area (Å²) in [4.78, 5) is 49.7. The van der Waals surface area contributed by atoms with Crippen molar-refractivity contribution in [2.24, 2.45) is 5.73 Å². The summed E-state index contributed by atoms with van der Waals surface area (Å²) in [7, 11) is 0. The number of benzene rings is 1. The zero-order valence-corrected chi connectivity index (χ0v) is 19.5. The highest BCUT2D eigenvalue weighted by molar-refractivity contribution is 8.00. The molecule has 2 saturated heterocycles. The van der Waals surface area contributed by atoms with E-state index in [0.717, 1.165) is 12.2 Å². The number of nitrogens with one attached hydrogen (secondary N) is 1. The lowest BCUT2D eigenvalue weighted by molar-refractivity contribution is -0.150. The molecule has 5 rings (SSSR count). The number of nitrogens with zero attached hydrogens (tertiary/aromatic N) is 2. The van der Waals surface area contributed by atoms with Crippen molar-refractivity contribution in [3.05, 3.63) is 59.4 Å². The average Bonchev–Trinajstić information content (AvgIpc) is 2.81. The highest BCUT2D eigenvalue weighted by Crippen LogP contribution is 2.40. The third kappa shape index (κ3) is 4.53. The van der Waals surface area contributed by atoms with Gasteiger partial charge in [0.05, 0.1) is 11.8 Å². The van der Waals surface area contributed by atoms with E-state index in [0.29, 0.717) is 22.3 Å². The fraction of sp³-hybridized carbons (Fsp3) is 0.364. The number of amides is 3. The quantitative estimate of drug-likeness (QED) is 0.540. The van der Waals surface area contributed by atoms with Crippen molar-refractivity contribution in [2.45, 2.75) is 36.2 Å². The van der Waals surface area contributed by atoms with Crippen molar-refractivity contribution < 1.29 is 24.3 Å². The van der Waals surface area contributed by atoms with E-state index in [4.69, 9.17) is 5.73 Å². The number of nitrogens with two attached hydrogens (primary N) is 1. The molecule has 2 fully saturated rings. The predicted molar refractivity (Wildman–Crippen MR) is 126 cm³/mol. The number of carboxylic acid groups (broad SMARTS) is 1. The van der Waals surface area contributed by atoms with Crippen LogP contribution in [0.25, 0.3) is 0 Å². The second-order valence-electron chi connectivity index (χ2n) is 7.90. The van der Waals surface area contributed by atoms with Gasteiger partial charge in [-0.2, -0.15) is 0 Å². The fourth-order valence-electron chi connectivity index (χ4n) is 3.87. The van der Waals surface area contributed by atoms with Gasteiger partial charge in [0, 0.05) is 17.7 Å². The Bertz CT molecular complexity index is 1040. The van der Waals surface area contributed by atoms with Gasteiger partial charge in [-0.15, -0.1) is 23.5 Å². The molecule has 4 heterocycles. The lowest BCUT2D eigenvalue weighted by Crippen LogP contribution is -2.71. The molecule has 0 bridgehead atoms. The molecular formula is C22H24N4O5S2. The predicted octanol–water partition coefficient (Wildman–Crippen LogP) is 1.25. The Labute approximate surface area is 199 Å². The number of carboxylic acids is 1. The molecule has 9 nitrogen and oxygen atoms in total. The summed E-state index contributed by atoms with van der Waals surface area (Å²) >= 11 is 3.27. The summed E-state index contributed by atoms with van der Waals surface area (Å²) in [6.07, 6.45) is 4.67. The number of thioether (sulfide) groups is 2. The Balaban J connectivity index is 0.000000238. The van der Waals surface area contributed by atoms with Gasteiger partial charge >= 0.3 is 5.97 Å². The molecular weight excluding hydrogens is 464 g/mol. The van der Waals surface area contributed by atoms with Crippen molar-refractivity contribution in [2.75, 3.05) is 11.5 Å². The van der Waals surface area contributed by atoms with Crippen molar-refractivity contribution in [3.8, 4) is 0 Å². The van der Waals surface area contributed by atoms with Crippen molar-refractivity contribution >= 4 is 47.2 Å². The van der Waals surface area contributed by atoms with Crippen LogP contribution in [-0.4, -0.2) is 66.9 Å². The number of rotatable bonds is 4. The lowest BCUT2D eigenvalue weighted by Gasteiger charge is -2.49. The number of carbonyl (C=O) groups excluding carboxylic acids is 3. The van der Waals surface area contributed by atoms with E-state index in [1.54, 1.807) is 36.1 Å². The smallest absolute Gasteiger partial charge is 0.352 e. The molecule has 0 spiro atoms. The summed E-state index contributed by atoms with van der Waals surface area (Å²) in [5.74, 6) is -0.164. The summed E-state index contributed by atoms with van der Waals surface area (Å²) in [6, 6.07) is 7.23. The zero-order chi connectivity index (χ0) is 23.7. The largest absolute Gasteiger partial charge is 0.477 e. The number of β-lactam (4-membered cyclic amide) rings is 2. The summed E-state index contributed by atoms with van der Waals surface area (Å²) in [6.45, 7) is 1.69. The molecule has 174 valence electrons. The van der Waals surface area contributed by atoms with Crippen LogP contribution in [-0.2, 0) is 19.2 Å². The summed E-state index contributed by atoms with van der Waals surface area (Å²) in [5.41, 5.74) is 7.24. The molecule has 33 heavy (non-hydrogen) atoms. The van der Waals surface area contributed by atoms with E-state index >= 15 is 0 Å². The maximum absolute atomic E-state index is 12.3. The Morgan fingerprint density at radius 1 is 1.21 bits per heavy atom. The van der Waals surface area contributed by atoms with Crippen LogP contribution >= 0.6 is 23.5 Å². The lowest BCUT2D eigenvalue weighted by atomic mass is 10.0. The van der Waals surface area contributed by atoms with E-state index in [9.17, 15) is 24.3 Å². The van der Waals surface area contributed by atoms with Crippen LogP contribution < -0.4 is 11.1 Å². The van der Waals surface area contributed by atoms with Crippen LogP contribution in [0.4, 0.5) is 0 Å². The molecule has 1 aromatic rings. The molecule has 4 aliphatic rings. The first-order chi connectivity index (χ1) is 15.8. The number of fused-ring (bicyclic) bond motifs is 2. The standard InChI is InChI=1S/C16H17N3O4S.C6H7NOS/c1-8-7-24-15-11(14(21)19(15)12(8)16(22)23)18-13(20)10(17)9-5-3-2-4-6-9;8-5-4-6-7(5)2-1-3-9-6/h2-6,10-11,15H,7,17H2,1H3,(H,18,20)(H,22,23);1-2,6H,3-4H2/t10-,11-,15-;6-/m11/s1. The van der Waals surface area contributed by atoms with Gasteiger partial charge in [0.25, 0.3) is 5.91 Å². The average molecular weight is 489 g/mol. The molecule has 0 radical (unpaired) electrons. The molecule has 4 N–H and O–H groups in total. The van der Waals surface area contributed by atoms with Crippen LogP contribution in [0, 0.1) is 0 Å². The van der Waals surface area contributed by atoms with Gasteiger partial charge < -0.3 is 21.1 Å². The van der Waals surface area contributed by atoms with Crippen LogP contribution in [0.2, 0.25) is 0 Å². The second kappa shape index (κ2) is 9.62. The SMILES string of the molecule is CC1=C(C(=O)O)N2C(=O)[C@@H](NC(=O)[C@H](N)c3ccccc3)[C@H]2SC1.O=C1C[C@H]2SCC=CN12. The molecule has 0 unspecified atom stereocenters. The first-order valence-corrected chi connectivity index (χ1v) is 12.5. The molecule has 4 atom stereocenters. The van der Waals surface area contributed by atoms with Gasteiger partial charge in [0.2, 0.25) is 11.8 Å². The Morgan fingerprint density at radius 2 is 1.94 bits per heavy atom. The van der Waals surface area contributed by atoms with Crippen LogP contribution in [0.5, 0.6) is 0 Å².